The van der Waals surface area contributed by atoms with Crippen molar-refractivity contribution in [1.82, 2.24) is 4.57 Å². The molecule has 1 aromatic heterocycles. The lowest BCUT2D eigenvalue weighted by Crippen LogP contribution is -2.39. The highest BCUT2D eigenvalue weighted by atomic mass is 79.9. The number of esters is 1. The Morgan fingerprint density at radius 1 is 1.21 bits per heavy atom. The fourth-order valence-corrected chi connectivity index (χ4v) is 4.85. The summed E-state index contributed by atoms with van der Waals surface area (Å²) in [7, 11) is 1.34. The van der Waals surface area contributed by atoms with E-state index in [0.717, 1.165) is 15.6 Å². The number of aromatic nitrogens is 1. The summed E-state index contributed by atoms with van der Waals surface area (Å²) in [5.74, 6) is -0.485. The second-order valence-electron chi connectivity index (χ2n) is 6.54. The maximum Gasteiger partial charge on any atom is 0.338 e. The zero-order valence-corrected chi connectivity index (χ0v) is 18.2. The van der Waals surface area contributed by atoms with Crippen LogP contribution in [-0.2, 0) is 9.53 Å². The zero-order valence-electron chi connectivity index (χ0n) is 15.8. The fraction of sp³-hybridized carbons (Fsp3) is 0.136. The van der Waals surface area contributed by atoms with Gasteiger partial charge in [0.2, 0.25) is 0 Å². The highest BCUT2D eigenvalue weighted by Crippen LogP contribution is 2.30. The molecule has 7 heteroatoms. The van der Waals surface area contributed by atoms with E-state index in [1.165, 1.54) is 18.4 Å². The number of benzene rings is 2. The van der Waals surface area contributed by atoms with Crippen LogP contribution in [0.15, 0.2) is 80.1 Å². The van der Waals surface area contributed by atoms with Gasteiger partial charge >= 0.3 is 5.97 Å². The summed E-state index contributed by atoms with van der Waals surface area (Å²) >= 11 is 4.77. The van der Waals surface area contributed by atoms with Crippen LogP contribution in [0.3, 0.4) is 0 Å². The predicted octanol–water partition coefficient (Wildman–Crippen LogP) is 3.17. The summed E-state index contributed by atoms with van der Waals surface area (Å²) in [6.45, 7) is 1.77. The normalized spacial score (nSPS) is 16.4. The molecule has 4 rings (SSSR count). The molecule has 2 heterocycles. The van der Waals surface area contributed by atoms with Crippen LogP contribution in [0.5, 0.6) is 0 Å². The predicted molar refractivity (Wildman–Crippen MR) is 116 cm³/mol. The van der Waals surface area contributed by atoms with Crippen molar-refractivity contribution in [3.63, 3.8) is 0 Å². The minimum atomic E-state index is -0.579. The van der Waals surface area contributed by atoms with Crippen molar-refractivity contribution in [2.75, 3.05) is 7.11 Å². The van der Waals surface area contributed by atoms with Gasteiger partial charge in [0, 0.05) is 4.47 Å². The standard InChI is InChI=1S/C22H17BrN2O3S/c1-13-18(21(27)28-2)19(15-8-4-3-5-9-15)25-20(26)17(29-22(25)24-13)12-14-7-6-10-16(23)11-14/h3-12,19H,1-2H3/b17-12-/t19-/m1/s1. The summed E-state index contributed by atoms with van der Waals surface area (Å²) in [6, 6.07) is 16.6. The molecule has 0 fully saturated rings. The van der Waals surface area contributed by atoms with E-state index in [-0.39, 0.29) is 5.56 Å². The third-order valence-electron chi connectivity index (χ3n) is 4.69. The number of ether oxygens (including phenoxy) is 1. The Labute approximate surface area is 179 Å². The van der Waals surface area contributed by atoms with Gasteiger partial charge in [0.1, 0.15) is 0 Å². The molecule has 3 aromatic rings. The van der Waals surface area contributed by atoms with Crippen LogP contribution in [0.4, 0.5) is 0 Å². The number of hydrogen-bond donors (Lipinski definition) is 0. The third kappa shape index (κ3) is 3.63. The maximum atomic E-state index is 13.3. The van der Waals surface area contributed by atoms with Gasteiger partial charge in [-0.05, 0) is 36.3 Å². The van der Waals surface area contributed by atoms with Gasteiger partial charge in [0.05, 0.1) is 29.0 Å². The largest absolute Gasteiger partial charge is 0.466 e. The Morgan fingerprint density at radius 3 is 2.66 bits per heavy atom. The van der Waals surface area contributed by atoms with Gasteiger partial charge in [-0.3, -0.25) is 9.36 Å². The minimum Gasteiger partial charge on any atom is -0.466 e. The number of fused-ring (bicyclic) bond motifs is 1. The van der Waals surface area contributed by atoms with Crippen LogP contribution in [0.1, 0.15) is 24.1 Å². The summed E-state index contributed by atoms with van der Waals surface area (Å²) in [5.41, 5.74) is 2.49. The number of carbonyl (C=O) groups is 1. The molecule has 0 saturated heterocycles. The first kappa shape index (κ1) is 19.5. The Morgan fingerprint density at radius 2 is 1.97 bits per heavy atom. The van der Waals surface area contributed by atoms with E-state index in [4.69, 9.17) is 4.74 Å². The maximum absolute atomic E-state index is 13.3. The first-order valence-electron chi connectivity index (χ1n) is 8.91. The monoisotopic (exact) mass is 468 g/mol. The van der Waals surface area contributed by atoms with Crippen LogP contribution in [-0.4, -0.2) is 17.6 Å². The van der Waals surface area contributed by atoms with E-state index in [1.54, 1.807) is 11.5 Å². The highest BCUT2D eigenvalue weighted by molar-refractivity contribution is 9.10. The molecule has 1 aliphatic rings. The van der Waals surface area contributed by atoms with Crippen LogP contribution in [0.25, 0.3) is 6.08 Å². The van der Waals surface area contributed by atoms with Crippen molar-refractivity contribution in [3.05, 3.63) is 101 Å². The summed E-state index contributed by atoms with van der Waals surface area (Å²) in [5, 5.41) is 0. The van der Waals surface area contributed by atoms with Crippen molar-refractivity contribution in [2.45, 2.75) is 13.0 Å². The number of thiazole rings is 1. The number of carbonyl (C=O) groups excluding carboxylic acids is 1. The number of halogens is 1. The summed E-state index contributed by atoms with van der Waals surface area (Å²) in [4.78, 5) is 31.0. The van der Waals surface area contributed by atoms with Crippen LogP contribution < -0.4 is 14.9 Å². The van der Waals surface area contributed by atoms with E-state index >= 15 is 0 Å². The number of allylic oxidation sites excluding steroid dienone is 1. The topological polar surface area (TPSA) is 60.7 Å². The molecule has 1 atom stereocenters. The van der Waals surface area contributed by atoms with Gasteiger partial charge in [0.25, 0.3) is 5.56 Å². The van der Waals surface area contributed by atoms with Gasteiger partial charge in [-0.2, -0.15) is 0 Å². The van der Waals surface area contributed by atoms with Crippen molar-refractivity contribution >= 4 is 39.3 Å². The number of methoxy groups -OCH3 is 1. The van der Waals surface area contributed by atoms with Gasteiger partial charge in [-0.25, -0.2) is 9.79 Å². The van der Waals surface area contributed by atoms with Crippen molar-refractivity contribution in [1.29, 1.82) is 0 Å². The lowest BCUT2D eigenvalue weighted by Gasteiger charge is -2.24. The molecule has 2 aromatic carbocycles. The first-order valence-corrected chi connectivity index (χ1v) is 10.5. The zero-order chi connectivity index (χ0) is 20.5. The molecular weight excluding hydrogens is 452 g/mol. The Balaban J connectivity index is 1.98. The number of rotatable bonds is 3. The van der Waals surface area contributed by atoms with Gasteiger partial charge in [0.15, 0.2) is 4.80 Å². The van der Waals surface area contributed by atoms with Crippen LogP contribution in [0.2, 0.25) is 0 Å². The van der Waals surface area contributed by atoms with E-state index < -0.39 is 12.0 Å². The highest BCUT2D eigenvalue weighted by Gasteiger charge is 2.32. The molecule has 0 N–H and O–H groups in total. The van der Waals surface area contributed by atoms with Gasteiger partial charge in [-0.15, -0.1) is 0 Å². The Hall–Kier alpha value is -2.77. The molecule has 5 nitrogen and oxygen atoms in total. The molecule has 0 aliphatic carbocycles. The second kappa shape index (κ2) is 7.93. The lowest BCUT2D eigenvalue weighted by atomic mass is 9.96. The second-order valence-corrected chi connectivity index (χ2v) is 8.46. The molecule has 146 valence electrons. The van der Waals surface area contributed by atoms with E-state index in [0.29, 0.717) is 20.6 Å². The smallest absolute Gasteiger partial charge is 0.338 e. The third-order valence-corrected chi connectivity index (χ3v) is 6.16. The lowest BCUT2D eigenvalue weighted by molar-refractivity contribution is -0.136. The quantitative estimate of drug-likeness (QED) is 0.554. The minimum absolute atomic E-state index is 0.184. The van der Waals surface area contributed by atoms with Crippen LogP contribution >= 0.6 is 27.3 Å². The molecule has 0 spiro atoms. The molecular formula is C22H17BrN2O3S. The fourth-order valence-electron chi connectivity index (χ4n) is 3.39. The number of hydrogen-bond acceptors (Lipinski definition) is 5. The Bertz CT molecular complexity index is 1310. The number of nitrogens with zero attached hydrogens (tertiary/aromatic N) is 2. The summed E-state index contributed by atoms with van der Waals surface area (Å²) < 4.78 is 8.08. The molecule has 1 aliphatic heterocycles. The molecule has 0 radical (unpaired) electrons. The molecule has 0 amide bonds. The molecule has 29 heavy (non-hydrogen) atoms. The average molecular weight is 469 g/mol. The summed E-state index contributed by atoms with van der Waals surface area (Å²) in [6.07, 6.45) is 1.84. The van der Waals surface area contributed by atoms with Crippen molar-refractivity contribution in [3.8, 4) is 0 Å². The SMILES string of the molecule is COC(=O)C1=C(C)N=c2s/c(=C\c3cccc(Br)c3)c(=O)n2[C@@H]1c1ccccc1. The van der Waals surface area contributed by atoms with E-state index in [9.17, 15) is 9.59 Å². The molecule has 0 bridgehead atoms. The van der Waals surface area contributed by atoms with Crippen molar-refractivity contribution < 1.29 is 9.53 Å². The average Bonchev–Trinajstić information content (AvgIpc) is 3.02. The van der Waals surface area contributed by atoms with Gasteiger partial charge < -0.3 is 4.74 Å². The van der Waals surface area contributed by atoms with Gasteiger partial charge in [-0.1, -0.05) is 69.7 Å². The molecule has 0 saturated carbocycles. The van der Waals surface area contributed by atoms with Crippen molar-refractivity contribution in [2.24, 2.45) is 4.99 Å². The van der Waals surface area contributed by atoms with Crippen LogP contribution in [0, 0.1) is 0 Å². The van der Waals surface area contributed by atoms with E-state index in [1.807, 2.05) is 60.7 Å². The molecule has 0 unspecified atom stereocenters. The first-order chi connectivity index (χ1) is 14.0. The van der Waals surface area contributed by atoms with E-state index in [2.05, 4.69) is 20.9 Å². The Kier molecular flexibility index (Phi) is 5.34.